The van der Waals surface area contributed by atoms with Crippen molar-refractivity contribution in [1.82, 2.24) is 9.88 Å². The highest BCUT2D eigenvalue weighted by Gasteiger charge is 2.30. The monoisotopic (exact) mass is 465 g/mol. The molecule has 1 amide bonds. The summed E-state index contributed by atoms with van der Waals surface area (Å²) in [5.74, 6) is 0.172. The Morgan fingerprint density at radius 1 is 0.941 bits per heavy atom. The largest absolute Gasteiger partial charge is 0.416 e. The molecule has 0 aliphatic rings. The van der Waals surface area contributed by atoms with Gasteiger partial charge in [-0.1, -0.05) is 38.1 Å². The summed E-state index contributed by atoms with van der Waals surface area (Å²) in [7, 11) is 1.71. The number of hydrogen-bond acceptors (Lipinski definition) is 2. The highest BCUT2D eigenvalue weighted by atomic mass is 19.4. The summed E-state index contributed by atoms with van der Waals surface area (Å²) < 4.78 is 41.0. The van der Waals surface area contributed by atoms with Gasteiger partial charge in [-0.05, 0) is 72.1 Å². The maximum atomic E-state index is 13.0. The van der Waals surface area contributed by atoms with Crippen molar-refractivity contribution in [2.75, 3.05) is 18.9 Å². The fourth-order valence-corrected chi connectivity index (χ4v) is 4.03. The van der Waals surface area contributed by atoms with Crippen molar-refractivity contribution in [1.29, 1.82) is 0 Å². The molecule has 0 saturated carbocycles. The van der Waals surface area contributed by atoms with Crippen molar-refractivity contribution in [3.63, 3.8) is 0 Å². The van der Waals surface area contributed by atoms with Crippen LogP contribution in [0, 0.1) is 0 Å². The first-order valence-corrected chi connectivity index (χ1v) is 11.0. The third kappa shape index (κ3) is 4.84. The Morgan fingerprint density at radius 3 is 2.18 bits per heavy atom. The molecule has 2 N–H and O–H groups in total. The van der Waals surface area contributed by atoms with Gasteiger partial charge in [0, 0.05) is 23.0 Å². The molecule has 0 spiro atoms. The Hall–Kier alpha value is -3.58. The number of likely N-dealkylation sites (N-methyl/N-ethyl adjacent to an activating group) is 1. The van der Waals surface area contributed by atoms with Crippen LogP contribution >= 0.6 is 0 Å². The van der Waals surface area contributed by atoms with E-state index < -0.39 is 11.7 Å². The molecule has 34 heavy (non-hydrogen) atoms. The van der Waals surface area contributed by atoms with E-state index in [2.05, 4.69) is 35.2 Å². The molecular formula is C27H26F3N3O. The molecule has 4 nitrogen and oxygen atoms in total. The molecule has 3 aromatic carbocycles. The van der Waals surface area contributed by atoms with E-state index in [9.17, 15) is 18.0 Å². The molecule has 7 heteroatoms. The van der Waals surface area contributed by atoms with Crippen LogP contribution in [0.2, 0.25) is 0 Å². The van der Waals surface area contributed by atoms with Gasteiger partial charge in [0.15, 0.2) is 0 Å². The lowest BCUT2D eigenvalue weighted by Gasteiger charge is -2.10. The molecule has 0 aliphatic carbocycles. The van der Waals surface area contributed by atoms with E-state index >= 15 is 0 Å². The zero-order valence-electron chi connectivity index (χ0n) is 19.2. The van der Waals surface area contributed by atoms with Gasteiger partial charge in [0.1, 0.15) is 0 Å². The second kappa shape index (κ2) is 9.35. The SMILES string of the molecule is CNCC(=O)Nc1ccc(-n2cc(C(C)C)c3ccc(-c4ccc(C(F)(F)F)cc4)cc32)cc1. The average molecular weight is 466 g/mol. The average Bonchev–Trinajstić information content (AvgIpc) is 3.18. The fraction of sp³-hybridized carbons (Fsp3) is 0.222. The van der Waals surface area contributed by atoms with Crippen molar-refractivity contribution in [2.45, 2.75) is 25.9 Å². The maximum Gasteiger partial charge on any atom is 0.416 e. The van der Waals surface area contributed by atoms with Crippen LogP contribution in [0.5, 0.6) is 0 Å². The number of nitrogens with zero attached hydrogens (tertiary/aromatic N) is 1. The molecular weight excluding hydrogens is 439 g/mol. The van der Waals surface area contributed by atoms with Crippen molar-refractivity contribution >= 4 is 22.5 Å². The summed E-state index contributed by atoms with van der Waals surface area (Å²) in [4.78, 5) is 11.8. The summed E-state index contributed by atoms with van der Waals surface area (Å²) in [5.41, 5.74) is 4.67. The first kappa shape index (κ1) is 23.6. The number of benzene rings is 3. The van der Waals surface area contributed by atoms with E-state index in [-0.39, 0.29) is 12.5 Å². The second-order valence-electron chi connectivity index (χ2n) is 8.54. The standard InChI is InChI=1S/C27H26F3N3O/c1-17(2)24-16-33(22-11-9-21(10-12-22)32-26(34)15-31-3)25-14-19(6-13-23(24)25)18-4-7-20(8-5-18)27(28,29)30/h4-14,16-17,31H,15H2,1-3H3,(H,32,34). The Kier molecular flexibility index (Phi) is 6.48. The molecule has 4 aromatic rings. The third-order valence-electron chi connectivity index (χ3n) is 5.77. The predicted molar refractivity (Wildman–Crippen MR) is 130 cm³/mol. The van der Waals surface area contributed by atoms with Crippen molar-refractivity contribution in [3.05, 3.63) is 84.1 Å². The van der Waals surface area contributed by atoms with Crippen LogP contribution in [-0.4, -0.2) is 24.1 Å². The predicted octanol–water partition coefficient (Wildman–Crippen LogP) is 6.60. The van der Waals surface area contributed by atoms with E-state index in [1.165, 1.54) is 17.7 Å². The van der Waals surface area contributed by atoms with Crippen LogP contribution in [0.15, 0.2) is 72.9 Å². The summed E-state index contributed by atoms with van der Waals surface area (Å²) in [5, 5.41) is 6.75. The highest BCUT2D eigenvalue weighted by Crippen LogP contribution is 2.35. The fourth-order valence-electron chi connectivity index (χ4n) is 4.03. The van der Waals surface area contributed by atoms with Gasteiger partial charge in [0.25, 0.3) is 0 Å². The van der Waals surface area contributed by atoms with E-state index in [4.69, 9.17) is 0 Å². The van der Waals surface area contributed by atoms with Crippen LogP contribution in [0.25, 0.3) is 27.7 Å². The van der Waals surface area contributed by atoms with Crippen molar-refractivity contribution < 1.29 is 18.0 Å². The van der Waals surface area contributed by atoms with Gasteiger partial charge in [-0.15, -0.1) is 0 Å². The van der Waals surface area contributed by atoms with E-state index in [0.717, 1.165) is 39.8 Å². The molecule has 0 aliphatic heterocycles. The van der Waals surface area contributed by atoms with Gasteiger partial charge < -0.3 is 15.2 Å². The van der Waals surface area contributed by atoms with Crippen LogP contribution in [-0.2, 0) is 11.0 Å². The first-order chi connectivity index (χ1) is 16.2. The number of aromatic nitrogens is 1. The number of nitrogens with one attached hydrogen (secondary N) is 2. The van der Waals surface area contributed by atoms with E-state index in [1.807, 2.05) is 42.5 Å². The molecule has 0 radical (unpaired) electrons. The lowest BCUT2D eigenvalue weighted by atomic mass is 9.99. The van der Waals surface area contributed by atoms with E-state index in [0.29, 0.717) is 11.6 Å². The molecule has 0 saturated heterocycles. The van der Waals surface area contributed by atoms with Crippen molar-refractivity contribution in [3.8, 4) is 16.8 Å². The molecule has 0 atom stereocenters. The van der Waals surface area contributed by atoms with Gasteiger partial charge in [-0.2, -0.15) is 13.2 Å². The highest BCUT2D eigenvalue weighted by molar-refractivity contribution is 5.93. The Morgan fingerprint density at radius 2 is 1.59 bits per heavy atom. The molecule has 0 fully saturated rings. The summed E-state index contributed by atoms with van der Waals surface area (Å²) >= 11 is 0. The van der Waals surface area contributed by atoms with Crippen molar-refractivity contribution in [2.24, 2.45) is 0 Å². The van der Waals surface area contributed by atoms with Crippen LogP contribution in [0.1, 0.15) is 30.9 Å². The third-order valence-corrected chi connectivity index (χ3v) is 5.77. The Labute approximate surface area is 196 Å². The minimum atomic E-state index is -4.36. The normalized spacial score (nSPS) is 11.9. The molecule has 4 rings (SSSR count). The lowest BCUT2D eigenvalue weighted by molar-refractivity contribution is -0.137. The molecule has 0 bridgehead atoms. The number of carbonyl (C=O) groups excluding carboxylic acids is 1. The number of halogens is 3. The second-order valence-corrected chi connectivity index (χ2v) is 8.54. The molecule has 176 valence electrons. The number of alkyl halides is 3. The van der Waals surface area contributed by atoms with Crippen LogP contribution in [0.3, 0.4) is 0 Å². The Balaban J connectivity index is 1.74. The molecule has 1 heterocycles. The quantitative estimate of drug-likeness (QED) is 0.337. The number of carbonyl (C=O) groups is 1. The Bertz CT molecular complexity index is 1300. The molecule has 0 unspecified atom stereocenters. The minimum Gasteiger partial charge on any atom is -0.325 e. The number of hydrogen-bond donors (Lipinski definition) is 2. The smallest absolute Gasteiger partial charge is 0.325 e. The number of amides is 1. The van der Waals surface area contributed by atoms with Gasteiger partial charge in [0.05, 0.1) is 17.6 Å². The van der Waals surface area contributed by atoms with Gasteiger partial charge >= 0.3 is 6.18 Å². The maximum absolute atomic E-state index is 13.0. The topological polar surface area (TPSA) is 46.1 Å². The number of anilines is 1. The van der Waals surface area contributed by atoms with E-state index in [1.54, 1.807) is 7.05 Å². The zero-order chi connectivity index (χ0) is 24.5. The number of fused-ring (bicyclic) bond motifs is 1. The molecule has 1 aromatic heterocycles. The summed E-state index contributed by atoms with van der Waals surface area (Å²) in [6, 6.07) is 18.8. The summed E-state index contributed by atoms with van der Waals surface area (Å²) in [6.07, 6.45) is -2.26. The minimum absolute atomic E-state index is 0.120. The van der Waals surface area contributed by atoms with Gasteiger partial charge in [0.2, 0.25) is 5.91 Å². The lowest BCUT2D eigenvalue weighted by Crippen LogP contribution is -2.24. The zero-order valence-corrected chi connectivity index (χ0v) is 19.2. The van der Waals surface area contributed by atoms with Gasteiger partial charge in [-0.25, -0.2) is 0 Å². The number of rotatable bonds is 6. The summed E-state index contributed by atoms with van der Waals surface area (Å²) in [6.45, 7) is 4.49. The van der Waals surface area contributed by atoms with Crippen LogP contribution < -0.4 is 10.6 Å². The van der Waals surface area contributed by atoms with Gasteiger partial charge in [-0.3, -0.25) is 4.79 Å². The van der Waals surface area contributed by atoms with Crippen LogP contribution in [0.4, 0.5) is 18.9 Å². The first-order valence-electron chi connectivity index (χ1n) is 11.0.